The van der Waals surface area contributed by atoms with Crippen molar-refractivity contribution in [2.75, 3.05) is 39.3 Å². The lowest BCUT2D eigenvalue weighted by molar-refractivity contribution is -0.0211. The van der Waals surface area contributed by atoms with E-state index in [0.717, 1.165) is 45.7 Å². The van der Waals surface area contributed by atoms with Crippen molar-refractivity contribution in [1.82, 2.24) is 14.7 Å². The zero-order valence-electron chi connectivity index (χ0n) is 15.2. The normalized spacial score (nSPS) is 23.1. The minimum absolute atomic E-state index is 0.167. The summed E-state index contributed by atoms with van der Waals surface area (Å²) in [6.07, 6.45) is 0.866. The van der Waals surface area contributed by atoms with Gasteiger partial charge in [0.25, 0.3) is 0 Å². The van der Waals surface area contributed by atoms with Crippen LogP contribution in [0.5, 0.6) is 0 Å². The number of likely N-dealkylation sites (tertiary alicyclic amines) is 1. The van der Waals surface area contributed by atoms with E-state index >= 15 is 0 Å². The third kappa shape index (κ3) is 4.59. The van der Waals surface area contributed by atoms with Gasteiger partial charge >= 0.3 is 6.09 Å². The van der Waals surface area contributed by atoms with Gasteiger partial charge in [0.2, 0.25) is 0 Å². The number of rotatable bonds is 1. The van der Waals surface area contributed by atoms with Crippen molar-refractivity contribution in [1.29, 1.82) is 0 Å². The summed E-state index contributed by atoms with van der Waals surface area (Å²) in [5.74, 6) is 0. The fourth-order valence-electron chi connectivity index (χ4n) is 3.05. The van der Waals surface area contributed by atoms with Crippen LogP contribution >= 0.6 is 0 Å². The van der Waals surface area contributed by atoms with Gasteiger partial charge in [0.05, 0.1) is 0 Å². The van der Waals surface area contributed by atoms with Crippen LogP contribution in [0.3, 0.4) is 0 Å². The van der Waals surface area contributed by atoms with Gasteiger partial charge in [-0.1, -0.05) is 0 Å². The van der Waals surface area contributed by atoms with Crippen molar-refractivity contribution in [2.24, 2.45) is 0 Å². The molecule has 128 valence electrons. The number of hydrogen-bond donors (Lipinski definition) is 0. The molecule has 2 aliphatic heterocycles. The number of hydrogen-bond acceptors (Lipinski definition) is 4. The first-order valence-electron chi connectivity index (χ1n) is 8.53. The molecule has 0 spiro atoms. The summed E-state index contributed by atoms with van der Waals surface area (Å²) in [4.78, 5) is 19.1. The molecule has 5 heteroatoms. The van der Waals surface area contributed by atoms with Crippen LogP contribution in [0, 0.1) is 0 Å². The van der Waals surface area contributed by atoms with Gasteiger partial charge in [-0.2, -0.15) is 0 Å². The summed E-state index contributed by atoms with van der Waals surface area (Å²) in [5.41, 5.74) is -0.144. The number of carbonyl (C=O) groups is 1. The van der Waals surface area contributed by atoms with Gasteiger partial charge in [0, 0.05) is 50.8 Å². The van der Waals surface area contributed by atoms with Crippen LogP contribution in [0.4, 0.5) is 4.79 Å². The molecule has 0 atom stereocenters. The lowest BCUT2D eigenvalue weighted by Gasteiger charge is -2.51. The largest absolute Gasteiger partial charge is 0.444 e. The predicted octanol–water partition coefficient (Wildman–Crippen LogP) is 2.41. The summed E-state index contributed by atoms with van der Waals surface area (Å²) in [5, 5.41) is 0. The monoisotopic (exact) mass is 311 g/mol. The van der Waals surface area contributed by atoms with Gasteiger partial charge in [0.15, 0.2) is 0 Å². The molecule has 0 aliphatic carbocycles. The maximum absolute atomic E-state index is 12.2. The minimum Gasteiger partial charge on any atom is -0.444 e. The molecule has 22 heavy (non-hydrogen) atoms. The minimum atomic E-state index is -0.412. The smallest absolute Gasteiger partial charge is 0.410 e. The number of nitrogens with zero attached hydrogens (tertiary/aromatic N) is 3. The average molecular weight is 311 g/mol. The molecule has 2 fully saturated rings. The Labute approximate surface area is 135 Å². The lowest BCUT2D eigenvalue weighted by Crippen LogP contribution is -2.64. The molecule has 0 aromatic heterocycles. The Kier molecular flexibility index (Phi) is 5.07. The number of carbonyl (C=O) groups excluding carboxylic acids is 1. The predicted molar refractivity (Wildman–Crippen MR) is 89.1 cm³/mol. The van der Waals surface area contributed by atoms with E-state index < -0.39 is 5.60 Å². The van der Waals surface area contributed by atoms with Crippen molar-refractivity contribution >= 4 is 6.09 Å². The Hall–Kier alpha value is -0.810. The van der Waals surface area contributed by atoms with Crippen molar-refractivity contribution in [2.45, 2.75) is 65.1 Å². The summed E-state index contributed by atoms with van der Waals surface area (Å²) in [6.45, 7) is 18.5. The van der Waals surface area contributed by atoms with Gasteiger partial charge in [-0.05, 0) is 48.0 Å². The molecule has 2 aliphatic rings. The van der Waals surface area contributed by atoms with Gasteiger partial charge in [-0.25, -0.2) is 4.79 Å². The maximum Gasteiger partial charge on any atom is 0.410 e. The maximum atomic E-state index is 12.2. The third-order valence-electron chi connectivity index (χ3n) is 4.51. The summed E-state index contributed by atoms with van der Waals surface area (Å²) in [6, 6.07) is 0.651. The zero-order valence-corrected chi connectivity index (χ0v) is 15.2. The summed E-state index contributed by atoms with van der Waals surface area (Å²) >= 11 is 0. The Morgan fingerprint density at radius 3 is 2.14 bits per heavy atom. The fraction of sp³-hybridized carbons (Fsp3) is 0.941. The van der Waals surface area contributed by atoms with Gasteiger partial charge in [-0.15, -0.1) is 0 Å². The molecule has 1 amide bonds. The quantitative estimate of drug-likeness (QED) is 0.745. The van der Waals surface area contributed by atoms with Gasteiger partial charge < -0.3 is 9.64 Å². The third-order valence-corrected chi connectivity index (χ3v) is 4.51. The van der Waals surface area contributed by atoms with E-state index in [1.807, 2.05) is 25.7 Å². The van der Waals surface area contributed by atoms with Crippen molar-refractivity contribution in [3.63, 3.8) is 0 Å². The second-order valence-corrected chi connectivity index (χ2v) is 8.59. The number of amides is 1. The van der Waals surface area contributed by atoms with Crippen molar-refractivity contribution in [3.8, 4) is 0 Å². The molecule has 0 aromatic carbocycles. The Morgan fingerprint density at radius 2 is 1.59 bits per heavy atom. The molecule has 0 saturated carbocycles. The van der Waals surface area contributed by atoms with Crippen LogP contribution in [0.15, 0.2) is 0 Å². The highest BCUT2D eigenvalue weighted by atomic mass is 16.6. The van der Waals surface area contributed by atoms with Crippen molar-refractivity contribution in [3.05, 3.63) is 0 Å². The molecular formula is C17H33N3O2. The van der Waals surface area contributed by atoms with Crippen LogP contribution < -0.4 is 0 Å². The van der Waals surface area contributed by atoms with Gasteiger partial charge in [-0.3, -0.25) is 9.80 Å². The Balaban J connectivity index is 1.80. The molecular weight excluding hydrogens is 278 g/mol. The standard InChI is InChI=1S/C17H33N3O2/c1-16(2,3)20-12-14(13-20)18-8-7-9-19(11-10-18)15(21)22-17(4,5)6/h14H,7-13H2,1-6H3. The van der Waals surface area contributed by atoms with Crippen molar-refractivity contribution < 1.29 is 9.53 Å². The Morgan fingerprint density at radius 1 is 0.955 bits per heavy atom. The lowest BCUT2D eigenvalue weighted by atomic mass is 9.96. The average Bonchev–Trinajstić information content (AvgIpc) is 2.48. The molecule has 2 rings (SSSR count). The van der Waals surface area contributed by atoms with E-state index in [9.17, 15) is 4.79 Å². The summed E-state index contributed by atoms with van der Waals surface area (Å²) < 4.78 is 5.49. The highest BCUT2D eigenvalue weighted by Crippen LogP contribution is 2.25. The highest BCUT2D eigenvalue weighted by Gasteiger charge is 2.38. The molecule has 0 radical (unpaired) electrons. The first-order valence-corrected chi connectivity index (χ1v) is 8.53. The van der Waals surface area contributed by atoms with E-state index in [1.54, 1.807) is 0 Å². The second kappa shape index (κ2) is 6.36. The van der Waals surface area contributed by atoms with Crippen LogP contribution in [0.2, 0.25) is 0 Å². The molecule has 0 aromatic rings. The number of ether oxygens (including phenoxy) is 1. The van der Waals surface area contributed by atoms with E-state index in [-0.39, 0.29) is 11.6 Å². The van der Waals surface area contributed by atoms with E-state index in [0.29, 0.717) is 6.04 Å². The summed E-state index contributed by atoms with van der Waals surface area (Å²) in [7, 11) is 0. The molecule has 5 nitrogen and oxygen atoms in total. The van der Waals surface area contributed by atoms with Crippen LogP contribution in [-0.4, -0.2) is 77.2 Å². The van der Waals surface area contributed by atoms with E-state index in [4.69, 9.17) is 4.74 Å². The zero-order chi connectivity index (χ0) is 16.5. The van der Waals surface area contributed by atoms with Crippen LogP contribution in [0.25, 0.3) is 0 Å². The van der Waals surface area contributed by atoms with Crippen LogP contribution in [-0.2, 0) is 4.74 Å². The first kappa shape index (κ1) is 17.5. The second-order valence-electron chi connectivity index (χ2n) is 8.59. The fourth-order valence-corrected chi connectivity index (χ4v) is 3.05. The molecule has 0 unspecified atom stereocenters. The first-order chi connectivity index (χ1) is 10.1. The molecule has 2 heterocycles. The van der Waals surface area contributed by atoms with E-state index in [1.165, 1.54) is 0 Å². The highest BCUT2D eigenvalue weighted by molar-refractivity contribution is 5.68. The SMILES string of the molecule is CC(C)(C)OC(=O)N1CCCN(C2CN(C(C)(C)C)C2)CC1. The Bertz CT molecular complexity index is 392. The topological polar surface area (TPSA) is 36.0 Å². The molecule has 0 bridgehead atoms. The molecule has 2 saturated heterocycles. The molecule has 0 N–H and O–H groups in total. The van der Waals surface area contributed by atoms with Crippen LogP contribution in [0.1, 0.15) is 48.0 Å². The van der Waals surface area contributed by atoms with E-state index in [2.05, 4.69) is 30.6 Å². The van der Waals surface area contributed by atoms with Gasteiger partial charge in [0.1, 0.15) is 5.60 Å².